The number of unbranched alkanes of at least 4 members (excludes halogenated alkanes) is 1. The summed E-state index contributed by atoms with van der Waals surface area (Å²) in [4.78, 5) is 0. The maximum absolute atomic E-state index is 12.1. The van der Waals surface area contributed by atoms with E-state index >= 15 is 0 Å². The van der Waals surface area contributed by atoms with Crippen molar-refractivity contribution in [3.05, 3.63) is 0 Å². The Morgan fingerprint density at radius 2 is 1.47 bits per heavy atom. The Balaban J connectivity index is 4.36. The largest absolute Gasteiger partial charge is 0.423 e. The summed E-state index contributed by atoms with van der Waals surface area (Å²) in [5.41, 5.74) is 0. The van der Waals surface area contributed by atoms with Crippen LogP contribution in [0.5, 0.6) is 0 Å². The smallest absolute Gasteiger partial charge is 0.353 e. The van der Waals surface area contributed by atoms with Crippen LogP contribution in [0, 0.1) is 0 Å². The summed E-state index contributed by atoms with van der Waals surface area (Å²) in [6.45, 7) is 2.86. The van der Waals surface area contributed by atoms with E-state index in [1.165, 1.54) is 0 Å². The molecule has 0 bridgehead atoms. The second-order valence-electron chi connectivity index (χ2n) is 3.39. The molecule has 0 aromatic rings. The minimum absolute atomic E-state index is 0.0557. The Hall–Kier alpha value is -0.500. The molecule has 104 valence electrons. The second kappa shape index (κ2) is 6.44. The standard InChI is InChI=1S/C9H14F6O2/c1-3-4-5-16-6(2)17-7(8(10,11)12)9(13,14)15/h6-7H,3-5H2,1-2H3/t6-/m1/s1. The summed E-state index contributed by atoms with van der Waals surface area (Å²) in [5, 5.41) is 0. The second-order valence-corrected chi connectivity index (χ2v) is 3.39. The number of hydrogen-bond donors (Lipinski definition) is 0. The molecule has 0 aliphatic carbocycles. The first-order chi connectivity index (χ1) is 7.59. The van der Waals surface area contributed by atoms with Crippen LogP contribution in [-0.2, 0) is 9.47 Å². The molecule has 0 aliphatic heterocycles. The van der Waals surface area contributed by atoms with Crippen LogP contribution in [0.1, 0.15) is 26.7 Å². The van der Waals surface area contributed by atoms with Crippen LogP contribution in [0.2, 0.25) is 0 Å². The zero-order valence-electron chi connectivity index (χ0n) is 9.36. The molecule has 0 saturated heterocycles. The highest BCUT2D eigenvalue weighted by Gasteiger charge is 2.58. The van der Waals surface area contributed by atoms with Gasteiger partial charge in [0.15, 0.2) is 6.29 Å². The molecule has 17 heavy (non-hydrogen) atoms. The minimum Gasteiger partial charge on any atom is -0.353 e. The molecule has 2 nitrogen and oxygen atoms in total. The summed E-state index contributed by atoms with van der Waals surface area (Å²) in [6, 6.07) is 0. The molecule has 0 heterocycles. The van der Waals surface area contributed by atoms with Gasteiger partial charge in [-0.2, -0.15) is 26.3 Å². The highest BCUT2D eigenvalue weighted by molar-refractivity contribution is 4.76. The molecule has 0 unspecified atom stereocenters. The van der Waals surface area contributed by atoms with Gasteiger partial charge in [-0.05, 0) is 13.3 Å². The molecule has 0 fully saturated rings. The van der Waals surface area contributed by atoms with Crippen molar-refractivity contribution < 1.29 is 35.8 Å². The Morgan fingerprint density at radius 1 is 1.00 bits per heavy atom. The summed E-state index contributed by atoms with van der Waals surface area (Å²) >= 11 is 0. The van der Waals surface area contributed by atoms with Gasteiger partial charge in [-0.1, -0.05) is 13.3 Å². The average Bonchev–Trinajstić information content (AvgIpc) is 2.11. The Kier molecular flexibility index (Phi) is 6.25. The van der Waals surface area contributed by atoms with Crippen LogP contribution in [0.15, 0.2) is 0 Å². The van der Waals surface area contributed by atoms with Crippen LogP contribution in [0.3, 0.4) is 0 Å². The van der Waals surface area contributed by atoms with Gasteiger partial charge in [0.05, 0.1) is 0 Å². The summed E-state index contributed by atoms with van der Waals surface area (Å²) in [7, 11) is 0. The van der Waals surface area contributed by atoms with E-state index in [9.17, 15) is 26.3 Å². The van der Waals surface area contributed by atoms with Crippen LogP contribution in [0.25, 0.3) is 0 Å². The topological polar surface area (TPSA) is 18.5 Å². The molecule has 0 spiro atoms. The van der Waals surface area contributed by atoms with Gasteiger partial charge in [-0.25, -0.2) is 0 Å². The van der Waals surface area contributed by atoms with Crippen LogP contribution in [0.4, 0.5) is 26.3 Å². The minimum atomic E-state index is -5.50. The predicted octanol–water partition coefficient (Wildman–Crippen LogP) is 3.66. The molecule has 0 aromatic carbocycles. The normalized spacial score (nSPS) is 15.4. The zero-order valence-corrected chi connectivity index (χ0v) is 9.36. The predicted molar refractivity (Wildman–Crippen MR) is 47.3 cm³/mol. The Morgan fingerprint density at radius 3 is 1.82 bits per heavy atom. The SMILES string of the molecule is CCCCO[C@@H](C)OC(C(F)(F)F)C(F)(F)F. The third kappa shape index (κ3) is 6.72. The van der Waals surface area contributed by atoms with Gasteiger partial charge in [0.1, 0.15) is 0 Å². The van der Waals surface area contributed by atoms with Gasteiger partial charge >= 0.3 is 12.4 Å². The lowest BCUT2D eigenvalue weighted by Crippen LogP contribution is -2.46. The Labute approximate surface area is 94.9 Å². The molecular formula is C9H14F6O2. The quantitative estimate of drug-likeness (QED) is 0.416. The van der Waals surface area contributed by atoms with Gasteiger partial charge in [-0.3, -0.25) is 0 Å². The van der Waals surface area contributed by atoms with Crippen molar-refractivity contribution in [2.24, 2.45) is 0 Å². The molecular weight excluding hydrogens is 254 g/mol. The van der Waals surface area contributed by atoms with Crippen molar-refractivity contribution in [2.45, 2.75) is 51.4 Å². The first kappa shape index (κ1) is 16.5. The lowest BCUT2D eigenvalue weighted by molar-refractivity contribution is -0.350. The van der Waals surface area contributed by atoms with Crippen molar-refractivity contribution >= 4 is 0 Å². The van der Waals surface area contributed by atoms with Gasteiger partial charge in [-0.15, -0.1) is 0 Å². The zero-order chi connectivity index (χ0) is 13.7. The first-order valence-corrected chi connectivity index (χ1v) is 4.99. The van der Waals surface area contributed by atoms with Crippen molar-refractivity contribution in [1.82, 2.24) is 0 Å². The number of alkyl halides is 6. The highest BCUT2D eigenvalue weighted by atomic mass is 19.4. The summed E-state index contributed by atoms with van der Waals surface area (Å²) in [5.74, 6) is 0. The van der Waals surface area contributed by atoms with Gasteiger partial charge in [0.25, 0.3) is 6.10 Å². The van der Waals surface area contributed by atoms with Gasteiger partial charge in [0.2, 0.25) is 0 Å². The molecule has 0 aromatic heterocycles. The molecule has 0 aliphatic rings. The fourth-order valence-corrected chi connectivity index (χ4v) is 0.964. The van der Waals surface area contributed by atoms with Crippen molar-refractivity contribution in [3.63, 3.8) is 0 Å². The molecule has 0 rings (SSSR count). The maximum Gasteiger partial charge on any atom is 0.423 e. The van der Waals surface area contributed by atoms with E-state index in [2.05, 4.69) is 9.47 Å². The number of hydrogen-bond acceptors (Lipinski definition) is 2. The molecule has 0 saturated carbocycles. The fraction of sp³-hybridized carbons (Fsp3) is 1.00. The molecule has 0 N–H and O–H groups in total. The number of ether oxygens (including phenoxy) is 2. The van der Waals surface area contributed by atoms with Crippen molar-refractivity contribution in [3.8, 4) is 0 Å². The van der Waals surface area contributed by atoms with Gasteiger partial charge in [0, 0.05) is 6.61 Å². The summed E-state index contributed by atoms with van der Waals surface area (Å²) < 4.78 is 80.9. The van der Waals surface area contributed by atoms with E-state index in [1.807, 2.05) is 6.92 Å². The van der Waals surface area contributed by atoms with E-state index in [0.29, 0.717) is 12.8 Å². The van der Waals surface area contributed by atoms with E-state index in [0.717, 1.165) is 6.92 Å². The number of halogens is 6. The van der Waals surface area contributed by atoms with Crippen LogP contribution < -0.4 is 0 Å². The van der Waals surface area contributed by atoms with Crippen molar-refractivity contribution in [2.75, 3.05) is 6.61 Å². The highest BCUT2D eigenvalue weighted by Crippen LogP contribution is 2.36. The third-order valence-electron chi connectivity index (χ3n) is 1.77. The van der Waals surface area contributed by atoms with Gasteiger partial charge < -0.3 is 9.47 Å². The van der Waals surface area contributed by atoms with Crippen molar-refractivity contribution in [1.29, 1.82) is 0 Å². The summed E-state index contributed by atoms with van der Waals surface area (Å²) in [6.07, 6.45) is -15.1. The number of rotatable bonds is 6. The average molecular weight is 268 g/mol. The van der Waals surface area contributed by atoms with Crippen LogP contribution >= 0.6 is 0 Å². The van der Waals surface area contributed by atoms with E-state index in [4.69, 9.17) is 0 Å². The lowest BCUT2D eigenvalue weighted by atomic mass is 10.3. The van der Waals surface area contributed by atoms with E-state index < -0.39 is 24.7 Å². The Bertz CT molecular complexity index is 199. The monoisotopic (exact) mass is 268 g/mol. The molecule has 1 atom stereocenters. The first-order valence-electron chi connectivity index (χ1n) is 4.99. The fourth-order valence-electron chi connectivity index (χ4n) is 0.964. The molecule has 0 radical (unpaired) electrons. The molecule has 0 amide bonds. The third-order valence-corrected chi connectivity index (χ3v) is 1.77. The van der Waals surface area contributed by atoms with E-state index in [1.54, 1.807) is 0 Å². The maximum atomic E-state index is 12.1. The van der Waals surface area contributed by atoms with E-state index in [-0.39, 0.29) is 6.61 Å². The lowest BCUT2D eigenvalue weighted by Gasteiger charge is -2.26. The molecule has 8 heteroatoms. The van der Waals surface area contributed by atoms with Crippen LogP contribution in [-0.4, -0.2) is 31.4 Å².